The lowest BCUT2D eigenvalue weighted by atomic mass is 9.96. The molecule has 8 heteroatoms. The van der Waals surface area contributed by atoms with E-state index in [2.05, 4.69) is 30.9 Å². The van der Waals surface area contributed by atoms with Crippen LogP contribution in [0.1, 0.15) is 42.8 Å². The number of rotatable bonds is 5. The molecule has 0 unspecified atom stereocenters. The number of esters is 1. The first kappa shape index (κ1) is 22.3. The predicted molar refractivity (Wildman–Crippen MR) is 125 cm³/mol. The maximum Gasteiger partial charge on any atom is 0.378 e. The molecular formula is C25H27N5O3. The van der Waals surface area contributed by atoms with Crippen molar-refractivity contribution in [3.8, 4) is 28.6 Å². The van der Waals surface area contributed by atoms with Crippen LogP contribution in [0.3, 0.4) is 0 Å². The lowest BCUT2D eigenvalue weighted by molar-refractivity contribution is 0.0587. The van der Waals surface area contributed by atoms with Crippen LogP contribution in [0, 0.1) is 6.92 Å². The Morgan fingerprint density at radius 2 is 1.61 bits per heavy atom. The van der Waals surface area contributed by atoms with E-state index in [1.165, 1.54) is 7.11 Å². The zero-order chi connectivity index (χ0) is 23.8. The van der Waals surface area contributed by atoms with Gasteiger partial charge in [0.2, 0.25) is 5.95 Å². The number of methoxy groups -OCH3 is 2. The summed E-state index contributed by atoms with van der Waals surface area (Å²) in [5.41, 5.74) is 3.31. The minimum atomic E-state index is -0.602. The highest BCUT2D eigenvalue weighted by molar-refractivity contribution is 5.85. The lowest BCUT2D eigenvalue weighted by Gasteiger charge is -2.19. The first-order valence-corrected chi connectivity index (χ1v) is 10.6. The molecule has 0 aliphatic rings. The van der Waals surface area contributed by atoms with Crippen LogP contribution in [0.4, 0.5) is 0 Å². The number of nitrogens with zero attached hydrogens (tertiary/aromatic N) is 5. The molecule has 0 saturated carbocycles. The molecule has 0 aliphatic heterocycles. The molecule has 4 aromatic rings. The molecule has 0 radical (unpaired) electrons. The van der Waals surface area contributed by atoms with Crippen molar-refractivity contribution in [1.82, 2.24) is 24.3 Å². The molecule has 0 N–H and O–H groups in total. The zero-order valence-corrected chi connectivity index (χ0v) is 19.7. The minimum absolute atomic E-state index is 0.0207. The van der Waals surface area contributed by atoms with Gasteiger partial charge < -0.3 is 9.47 Å². The minimum Gasteiger partial charge on any atom is -0.497 e. The van der Waals surface area contributed by atoms with E-state index < -0.39 is 5.97 Å². The Labute approximate surface area is 192 Å². The quantitative estimate of drug-likeness (QED) is 0.420. The van der Waals surface area contributed by atoms with Crippen molar-refractivity contribution >= 4 is 5.97 Å². The lowest BCUT2D eigenvalue weighted by Crippen LogP contribution is -2.20. The van der Waals surface area contributed by atoms with Crippen molar-refractivity contribution in [2.75, 3.05) is 14.2 Å². The molecule has 8 nitrogen and oxygen atoms in total. The van der Waals surface area contributed by atoms with E-state index in [1.54, 1.807) is 11.8 Å². The van der Waals surface area contributed by atoms with E-state index in [9.17, 15) is 4.79 Å². The number of hydrogen-bond acceptors (Lipinski definition) is 6. The Morgan fingerprint density at radius 3 is 2.18 bits per heavy atom. The van der Waals surface area contributed by atoms with Crippen molar-refractivity contribution in [2.24, 2.45) is 0 Å². The molecule has 0 saturated heterocycles. The van der Waals surface area contributed by atoms with Gasteiger partial charge in [0.15, 0.2) is 0 Å². The topological polar surface area (TPSA) is 84.1 Å². The van der Waals surface area contributed by atoms with Crippen LogP contribution in [-0.2, 0) is 10.2 Å². The summed E-state index contributed by atoms with van der Waals surface area (Å²) in [6.45, 7) is 8.26. The second-order valence-corrected chi connectivity index (χ2v) is 8.77. The van der Waals surface area contributed by atoms with E-state index >= 15 is 0 Å². The molecule has 4 rings (SSSR count). The standard InChI is InChI=1S/C25H27N5O3/c1-16-7-11-18(12-8-16)30-24(27-21(28-30)22(31)33-6)29-15-20(26-23(29)25(2,3)4)17-9-13-19(32-5)14-10-17/h7-15H,1-6H3. The fourth-order valence-corrected chi connectivity index (χ4v) is 3.46. The van der Waals surface area contributed by atoms with E-state index in [0.717, 1.165) is 34.1 Å². The summed E-state index contributed by atoms with van der Waals surface area (Å²) in [6.07, 6.45) is 1.91. The van der Waals surface area contributed by atoms with Crippen LogP contribution in [-0.4, -0.2) is 44.5 Å². The summed E-state index contributed by atoms with van der Waals surface area (Å²) in [6, 6.07) is 15.6. The Bertz CT molecular complexity index is 1280. The highest BCUT2D eigenvalue weighted by atomic mass is 16.5. The van der Waals surface area contributed by atoms with Gasteiger partial charge in [-0.1, -0.05) is 38.5 Å². The molecule has 2 aromatic carbocycles. The third-order valence-corrected chi connectivity index (χ3v) is 5.21. The number of aromatic nitrogens is 5. The molecular weight excluding hydrogens is 418 g/mol. The number of hydrogen-bond donors (Lipinski definition) is 0. The molecule has 0 fully saturated rings. The van der Waals surface area contributed by atoms with Gasteiger partial charge in [-0.3, -0.25) is 4.57 Å². The number of aryl methyl sites for hydroxylation is 1. The average molecular weight is 446 g/mol. The molecule has 2 heterocycles. The number of ether oxygens (including phenoxy) is 2. The smallest absolute Gasteiger partial charge is 0.378 e. The van der Waals surface area contributed by atoms with E-state index in [0.29, 0.717) is 5.95 Å². The van der Waals surface area contributed by atoms with Gasteiger partial charge in [0.1, 0.15) is 11.6 Å². The van der Waals surface area contributed by atoms with Crippen LogP contribution in [0.2, 0.25) is 0 Å². The van der Waals surface area contributed by atoms with Crippen LogP contribution in [0.15, 0.2) is 54.7 Å². The van der Waals surface area contributed by atoms with Crippen LogP contribution < -0.4 is 4.74 Å². The number of imidazole rings is 1. The Balaban J connectivity index is 1.93. The van der Waals surface area contributed by atoms with Crippen LogP contribution >= 0.6 is 0 Å². The van der Waals surface area contributed by atoms with Gasteiger partial charge in [0.25, 0.3) is 5.82 Å². The van der Waals surface area contributed by atoms with E-state index in [-0.39, 0.29) is 11.2 Å². The van der Waals surface area contributed by atoms with Gasteiger partial charge in [-0.25, -0.2) is 9.78 Å². The summed E-state index contributed by atoms with van der Waals surface area (Å²) in [5, 5.41) is 4.45. The molecule has 170 valence electrons. The zero-order valence-electron chi connectivity index (χ0n) is 19.7. The molecule has 0 aliphatic carbocycles. The first-order chi connectivity index (χ1) is 15.7. The van der Waals surface area contributed by atoms with Crippen molar-refractivity contribution in [2.45, 2.75) is 33.1 Å². The average Bonchev–Trinajstić information content (AvgIpc) is 3.44. The van der Waals surface area contributed by atoms with Gasteiger partial charge in [-0.15, -0.1) is 5.10 Å². The maximum atomic E-state index is 12.3. The third kappa shape index (κ3) is 4.37. The van der Waals surface area contributed by atoms with Gasteiger partial charge in [0, 0.05) is 17.2 Å². The normalized spacial score (nSPS) is 11.5. The van der Waals surface area contributed by atoms with Crippen LogP contribution in [0.25, 0.3) is 22.9 Å². The third-order valence-electron chi connectivity index (χ3n) is 5.21. The Morgan fingerprint density at radius 1 is 0.939 bits per heavy atom. The van der Waals surface area contributed by atoms with E-state index in [1.807, 2.05) is 66.2 Å². The highest BCUT2D eigenvalue weighted by Gasteiger charge is 2.27. The largest absolute Gasteiger partial charge is 0.497 e. The first-order valence-electron chi connectivity index (χ1n) is 10.6. The van der Waals surface area contributed by atoms with Gasteiger partial charge in [-0.2, -0.15) is 9.67 Å². The highest BCUT2D eigenvalue weighted by Crippen LogP contribution is 2.30. The maximum absolute atomic E-state index is 12.3. The molecule has 0 spiro atoms. The van der Waals surface area contributed by atoms with Crippen molar-refractivity contribution < 1.29 is 14.3 Å². The molecule has 0 amide bonds. The van der Waals surface area contributed by atoms with Crippen molar-refractivity contribution in [1.29, 1.82) is 0 Å². The van der Waals surface area contributed by atoms with Gasteiger partial charge in [0.05, 0.1) is 25.6 Å². The van der Waals surface area contributed by atoms with E-state index in [4.69, 9.17) is 14.5 Å². The summed E-state index contributed by atoms with van der Waals surface area (Å²) in [4.78, 5) is 21.7. The van der Waals surface area contributed by atoms with Crippen molar-refractivity contribution in [3.63, 3.8) is 0 Å². The monoisotopic (exact) mass is 445 g/mol. The number of carbonyl (C=O) groups is 1. The number of carbonyl (C=O) groups excluding carboxylic acids is 1. The Kier molecular flexibility index (Phi) is 5.76. The van der Waals surface area contributed by atoms with Crippen LogP contribution in [0.5, 0.6) is 5.75 Å². The number of benzene rings is 2. The fourth-order valence-electron chi connectivity index (χ4n) is 3.46. The summed E-state index contributed by atoms with van der Waals surface area (Å²) >= 11 is 0. The van der Waals surface area contributed by atoms with Gasteiger partial charge >= 0.3 is 5.97 Å². The second kappa shape index (κ2) is 8.54. The summed E-state index contributed by atoms with van der Waals surface area (Å²) < 4.78 is 13.7. The SMILES string of the molecule is COC(=O)c1nc(-n2cc(-c3ccc(OC)cc3)nc2C(C)(C)C)n(-c2ccc(C)cc2)n1. The molecule has 2 aromatic heterocycles. The Hall–Kier alpha value is -3.94. The second-order valence-electron chi connectivity index (χ2n) is 8.77. The molecule has 0 atom stereocenters. The molecule has 33 heavy (non-hydrogen) atoms. The van der Waals surface area contributed by atoms with Gasteiger partial charge in [-0.05, 0) is 43.3 Å². The fraction of sp³-hybridized carbons (Fsp3) is 0.280. The summed E-state index contributed by atoms with van der Waals surface area (Å²) in [5.74, 6) is 1.39. The molecule has 0 bridgehead atoms. The summed E-state index contributed by atoms with van der Waals surface area (Å²) in [7, 11) is 2.95. The predicted octanol–water partition coefficient (Wildman–Crippen LogP) is 4.52. The van der Waals surface area contributed by atoms with Crippen molar-refractivity contribution in [3.05, 3.63) is 71.9 Å².